The van der Waals surface area contributed by atoms with Crippen molar-refractivity contribution in [1.29, 1.82) is 0 Å². The second-order valence-electron chi connectivity index (χ2n) is 4.22. The summed E-state index contributed by atoms with van der Waals surface area (Å²) in [5, 5.41) is 5.44. The number of aromatic nitrogens is 1. The van der Waals surface area contributed by atoms with Crippen molar-refractivity contribution in [2.75, 3.05) is 17.3 Å². The molecule has 0 fully saturated rings. The molecule has 1 unspecified atom stereocenters. The lowest BCUT2D eigenvalue weighted by Gasteiger charge is -2.18. The summed E-state index contributed by atoms with van der Waals surface area (Å²) < 4.78 is 0. The number of nitrogens with one attached hydrogen (secondary N) is 1. The minimum Gasteiger partial charge on any atom is -0.381 e. The van der Waals surface area contributed by atoms with Crippen LogP contribution in [-0.2, 0) is 0 Å². The Bertz CT molecular complexity index is 530. The Kier molecular flexibility index (Phi) is 4.72. The Morgan fingerprint density at radius 3 is 2.94 bits per heavy atom. The van der Waals surface area contributed by atoms with Gasteiger partial charge < -0.3 is 5.32 Å². The molecule has 1 aromatic heterocycles. The molecule has 2 rings (SSSR count). The van der Waals surface area contributed by atoms with E-state index in [4.69, 9.17) is 11.6 Å². The molecule has 2 nitrogen and oxygen atoms in total. The zero-order chi connectivity index (χ0) is 13.0. The van der Waals surface area contributed by atoms with Gasteiger partial charge in [-0.15, -0.1) is 0 Å². The van der Waals surface area contributed by atoms with Gasteiger partial charge in [0, 0.05) is 34.1 Å². The van der Waals surface area contributed by atoms with Crippen LogP contribution < -0.4 is 5.32 Å². The summed E-state index contributed by atoms with van der Waals surface area (Å²) in [7, 11) is 0. The number of nitrogens with zero attached hydrogens (tertiary/aromatic N) is 1. The Hall–Kier alpha value is -0.930. The lowest BCUT2D eigenvalue weighted by atomic mass is 10.1. The third-order valence-corrected chi connectivity index (χ3v) is 3.90. The van der Waals surface area contributed by atoms with Gasteiger partial charge in [-0.05, 0) is 36.9 Å². The van der Waals surface area contributed by atoms with Crippen molar-refractivity contribution in [3.05, 3.63) is 35.5 Å². The van der Waals surface area contributed by atoms with E-state index >= 15 is 0 Å². The molecule has 0 saturated heterocycles. The molecule has 1 aromatic carbocycles. The highest BCUT2D eigenvalue weighted by Gasteiger charge is 2.08. The van der Waals surface area contributed by atoms with Crippen LogP contribution in [0.15, 0.2) is 30.5 Å². The molecule has 1 heterocycles. The number of anilines is 1. The number of pyridine rings is 1. The normalized spacial score (nSPS) is 12.6. The van der Waals surface area contributed by atoms with Gasteiger partial charge in [-0.1, -0.05) is 18.5 Å². The molecule has 1 atom stereocenters. The van der Waals surface area contributed by atoms with Gasteiger partial charge in [0.05, 0.1) is 5.52 Å². The molecule has 2 aromatic rings. The maximum Gasteiger partial charge on any atom is 0.0737 e. The van der Waals surface area contributed by atoms with Crippen LogP contribution in [0.25, 0.3) is 10.9 Å². The number of rotatable bonds is 5. The molecule has 1 N–H and O–H groups in total. The van der Waals surface area contributed by atoms with Crippen molar-refractivity contribution in [3.8, 4) is 0 Å². The predicted molar refractivity (Wildman–Crippen MR) is 82.8 cm³/mol. The van der Waals surface area contributed by atoms with E-state index in [2.05, 4.69) is 23.5 Å². The van der Waals surface area contributed by atoms with Gasteiger partial charge in [0.15, 0.2) is 0 Å². The molecule has 0 aliphatic heterocycles. The zero-order valence-electron chi connectivity index (χ0n) is 10.6. The maximum atomic E-state index is 5.99. The van der Waals surface area contributed by atoms with Crippen LogP contribution in [-0.4, -0.2) is 23.0 Å². The predicted octanol–water partition coefficient (Wildman–Crippen LogP) is 4.44. The Balaban J connectivity index is 2.32. The van der Waals surface area contributed by atoms with E-state index in [0.29, 0.717) is 6.04 Å². The molecular weight excluding hydrogens is 264 g/mol. The van der Waals surface area contributed by atoms with E-state index in [0.717, 1.165) is 33.8 Å². The number of thioether (sulfide) groups is 1. The van der Waals surface area contributed by atoms with Crippen LogP contribution in [0.3, 0.4) is 0 Å². The summed E-state index contributed by atoms with van der Waals surface area (Å²) in [5.41, 5.74) is 2.07. The lowest BCUT2D eigenvalue weighted by molar-refractivity contribution is 0.776. The van der Waals surface area contributed by atoms with Crippen LogP contribution in [0.2, 0.25) is 5.02 Å². The zero-order valence-corrected chi connectivity index (χ0v) is 12.2. The Morgan fingerprint density at radius 1 is 1.39 bits per heavy atom. The number of benzene rings is 1. The standard InChI is InChI=1S/C14H17ClN2S/c1-3-11(9-18-2)17-13-6-7-16-14-8-10(15)4-5-12(13)14/h4-8,11H,3,9H2,1-2H3,(H,16,17). The molecule has 0 spiro atoms. The number of hydrogen-bond acceptors (Lipinski definition) is 3. The van der Waals surface area contributed by atoms with E-state index in [1.807, 2.05) is 42.2 Å². The second kappa shape index (κ2) is 6.30. The van der Waals surface area contributed by atoms with Gasteiger partial charge >= 0.3 is 0 Å². The highest BCUT2D eigenvalue weighted by Crippen LogP contribution is 2.25. The average Bonchev–Trinajstić information content (AvgIpc) is 2.38. The minimum atomic E-state index is 0.487. The van der Waals surface area contributed by atoms with Crippen molar-refractivity contribution >= 4 is 40.0 Å². The quantitative estimate of drug-likeness (QED) is 0.876. The molecule has 4 heteroatoms. The summed E-state index contributed by atoms with van der Waals surface area (Å²) in [6.07, 6.45) is 5.07. The third kappa shape index (κ3) is 3.09. The Labute approximate surface area is 117 Å². The molecule has 0 radical (unpaired) electrons. The smallest absolute Gasteiger partial charge is 0.0737 e. The van der Waals surface area contributed by atoms with Crippen LogP contribution in [0.4, 0.5) is 5.69 Å². The number of halogens is 1. The van der Waals surface area contributed by atoms with E-state index in [9.17, 15) is 0 Å². The van der Waals surface area contributed by atoms with Crippen LogP contribution in [0, 0.1) is 0 Å². The van der Waals surface area contributed by atoms with Crippen LogP contribution in [0.5, 0.6) is 0 Å². The summed E-state index contributed by atoms with van der Waals surface area (Å²) in [6, 6.07) is 8.35. The van der Waals surface area contributed by atoms with E-state index in [-0.39, 0.29) is 0 Å². The SMILES string of the molecule is CCC(CSC)Nc1ccnc2cc(Cl)ccc12. The summed E-state index contributed by atoms with van der Waals surface area (Å²) >= 11 is 7.85. The van der Waals surface area contributed by atoms with Crippen LogP contribution in [0.1, 0.15) is 13.3 Å². The summed E-state index contributed by atoms with van der Waals surface area (Å²) in [5.74, 6) is 1.11. The highest BCUT2D eigenvalue weighted by molar-refractivity contribution is 7.98. The molecule has 18 heavy (non-hydrogen) atoms. The van der Waals surface area contributed by atoms with Crippen molar-refractivity contribution < 1.29 is 0 Å². The van der Waals surface area contributed by atoms with E-state index < -0.39 is 0 Å². The largest absolute Gasteiger partial charge is 0.381 e. The van der Waals surface area contributed by atoms with Gasteiger partial charge in [-0.2, -0.15) is 11.8 Å². The third-order valence-electron chi connectivity index (χ3n) is 2.93. The van der Waals surface area contributed by atoms with E-state index in [1.165, 1.54) is 0 Å². The highest BCUT2D eigenvalue weighted by atomic mass is 35.5. The maximum absolute atomic E-state index is 5.99. The van der Waals surface area contributed by atoms with Gasteiger partial charge in [-0.3, -0.25) is 4.98 Å². The molecule has 0 saturated carbocycles. The van der Waals surface area contributed by atoms with Gasteiger partial charge in [0.2, 0.25) is 0 Å². The first-order valence-corrected chi connectivity index (χ1v) is 7.81. The lowest BCUT2D eigenvalue weighted by Crippen LogP contribution is -2.21. The van der Waals surface area contributed by atoms with Crippen molar-refractivity contribution in [1.82, 2.24) is 4.98 Å². The molecule has 0 amide bonds. The molecule has 0 bridgehead atoms. The van der Waals surface area contributed by atoms with Crippen LogP contribution >= 0.6 is 23.4 Å². The molecule has 96 valence electrons. The minimum absolute atomic E-state index is 0.487. The topological polar surface area (TPSA) is 24.9 Å². The summed E-state index contributed by atoms with van der Waals surface area (Å²) in [4.78, 5) is 4.35. The fourth-order valence-corrected chi connectivity index (χ4v) is 2.82. The van der Waals surface area contributed by atoms with Crippen molar-refractivity contribution in [2.24, 2.45) is 0 Å². The average molecular weight is 281 g/mol. The first-order chi connectivity index (χ1) is 8.74. The second-order valence-corrected chi connectivity index (χ2v) is 5.57. The first-order valence-electron chi connectivity index (χ1n) is 6.04. The van der Waals surface area contributed by atoms with Gasteiger partial charge in [-0.25, -0.2) is 0 Å². The van der Waals surface area contributed by atoms with Crippen molar-refractivity contribution in [3.63, 3.8) is 0 Å². The fourth-order valence-electron chi connectivity index (χ4n) is 1.93. The van der Waals surface area contributed by atoms with Gasteiger partial charge in [0.25, 0.3) is 0 Å². The Morgan fingerprint density at radius 2 is 2.22 bits per heavy atom. The molecule has 0 aliphatic rings. The summed E-state index contributed by atoms with van der Waals surface area (Å²) in [6.45, 7) is 2.20. The molecule has 0 aliphatic carbocycles. The van der Waals surface area contributed by atoms with Crippen molar-refractivity contribution in [2.45, 2.75) is 19.4 Å². The van der Waals surface area contributed by atoms with Gasteiger partial charge in [0.1, 0.15) is 0 Å². The van der Waals surface area contributed by atoms with E-state index in [1.54, 1.807) is 0 Å². The number of hydrogen-bond donors (Lipinski definition) is 1. The number of fused-ring (bicyclic) bond motifs is 1. The monoisotopic (exact) mass is 280 g/mol. The first kappa shape index (κ1) is 13.5. The molecular formula is C14H17ClN2S. The fraction of sp³-hybridized carbons (Fsp3) is 0.357.